The summed E-state index contributed by atoms with van der Waals surface area (Å²) in [7, 11) is 0. The van der Waals surface area contributed by atoms with Crippen LogP contribution in [-0.2, 0) is 11.3 Å². The lowest BCUT2D eigenvalue weighted by Crippen LogP contribution is -2.32. The van der Waals surface area contributed by atoms with Gasteiger partial charge in [0, 0.05) is 19.1 Å². The molecule has 3 heteroatoms. The van der Waals surface area contributed by atoms with Crippen molar-refractivity contribution in [3.8, 4) is 0 Å². The quantitative estimate of drug-likeness (QED) is 0.824. The molecule has 0 aliphatic carbocycles. The Bertz CT molecular complexity index is 357. The molecule has 0 heterocycles. The minimum absolute atomic E-state index is 0.198. The van der Waals surface area contributed by atoms with Crippen LogP contribution in [0.5, 0.6) is 0 Å². The molecular formula is C14H21NO2. The molecule has 0 aromatic heterocycles. The monoisotopic (exact) mass is 235 g/mol. The second-order valence-corrected chi connectivity index (χ2v) is 4.69. The smallest absolute Gasteiger partial charge is 0.304 e. The fourth-order valence-electron chi connectivity index (χ4n) is 1.69. The molecule has 0 saturated heterocycles. The number of rotatable bonds is 6. The van der Waals surface area contributed by atoms with Gasteiger partial charge in [-0.1, -0.05) is 29.8 Å². The standard InChI is InChI=1S/C14H21NO2/c1-11(2)15(9-8-14(16)17)10-13-6-4-12(3)5-7-13/h4-7,11H,8-10H2,1-3H3,(H,16,17). The first-order valence-electron chi connectivity index (χ1n) is 6.00. The Kier molecular flexibility index (Phi) is 5.16. The molecule has 0 fully saturated rings. The average molecular weight is 235 g/mol. The molecule has 3 nitrogen and oxygen atoms in total. The van der Waals surface area contributed by atoms with Crippen LogP contribution in [0.1, 0.15) is 31.4 Å². The first kappa shape index (κ1) is 13.7. The molecule has 1 aromatic rings. The van der Waals surface area contributed by atoms with Crippen molar-refractivity contribution in [2.45, 2.75) is 39.8 Å². The molecule has 17 heavy (non-hydrogen) atoms. The van der Waals surface area contributed by atoms with Crippen molar-refractivity contribution in [3.05, 3.63) is 35.4 Å². The summed E-state index contributed by atoms with van der Waals surface area (Å²) in [5.74, 6) is -0.737. The average Bonchev–Trinajstić information content (AvgIpc) is 2.26. The number of hydrogen-bond donors (Lipinski definition) is 1. The minimum Gasteiger partial charge on any atom is -0.481 e. The first-order valence-corrected chi connectivity index (χ1v) is 6.00. The van der Waals surface area contributed by atoms with Crippen molar-refractivity contribution in [1.29, 1.82) is 0 Å². The zero-order chi connectivity index (χ0) is 12.8. The highest BCUT2D eigenvalue weighted by Crippen LogP contribution is 2.10. The minimum atomic E-state index is -0.737. The van der Waals surface area contributed by atoms with Gasteiger partial charge < -0.3 is 5.11 Å². The third-order valence-corrected chi connectivity index (χ3v) is 2.85. The van der Waals surface area contributed by atoms with Crippen LogP contribution in [0.4, 0.5) is 0 Å². The molecule has 0 unspecified atom stereocenters. The van der Waals surface area contributed by atoms with Gasteiger partial charge in [-0.15, -0.1) is 0 Å². The molecule has 0 atom stereocenters. The summed E-state index contributed by atoms with van der Waals surface area (Å²) in [5.41, 5.74) is 2.48. The number of benzene rings is 1. The van der Waals surface area contributed by atoms with E-state index < -0.39 is 5.97 Å². The molecule has 1 rings (SSSR count). The van der Waals surface area contributed by atoms with Gasteiger partial charge in [0.15, 0.2) is 0 Å². The maximum Gasteiger partial charge on any atom is 0.304 e. The van der Waals surface area contributed by atoms with Gasteiger partial charge in [-0.2, -0.15) is 0 Å². The molecule has 0 aliphatic rings. The third-order valence-electron chi connectivity index (χ3n) is 2.85. The predicted molar refractivity (Wildman–Crippen MR) is 69.0 cm³/mol. The van der Waals surface area contributed by atoms with Crippen LogP contribution in [0.15, 0.2) is 24.3 Å². The van der Waals surface area contributed by atoms with Crippen molar-refractivity contribution >= 4 is 5.97 Å². The van der Waals surface area contributed by atoms with Crippen LogP contribution >= 0.6 is 0 Å². The van der Waals surface area contributed by atoms with E-state index in [1.54, 1.807) is 0 Å². The largest absolute Gasteiger partial charge is 0.481 e. The summed E-state index contributed by atoms with van der Waals surface area (Å²) in [6.07, 6.45) is 0.198. The van der Waals surface area contributed by atoms with Crippen molar-refractivity contribution < 1.29 is 9.90 Å². The molecule has 1 aromatic carbocycles. The van der Waals surface area contributed by atoms with Gasteiger partial charge in [-0.25, -0.2) is 0 Å². The third kappa shape index (κ3) is 5.00. The molecule has 0 bridgehead atoms. The molecule has 0 saturated carbocycles. The Balaban J connectivity index is 2.60. The summed E-state index contributed by atoms with van der Waals surface area (Å²) in [5, 5.41) is 8.72. The number of aryl methyl sites for hydroxylation is 1. The van der Waals surface area contributed by atoms with Crippen LogP contribution in [0.25, 0.3) is 0 Å². The molecule has 94 valence electrons. The van der Waals surface area contributed by atoms with Crippen molar-refractivity contribution in [2.75, 3.05) is 6.54 Å². The van der Waals surface area contributed by atoms with E-state index in [0.717, 1.165) is 6.54 Å². The van der Waals surface area contributed by atoms with Gasteiger partial charge in [0.2, 0.25) is 0 Å². The van der Waals surface area contributed by atoms with Crippen molar-refractivity contribution in [3.63, 3.8) is 0 Å². The molecule has 1 N–H and O–H groups in total. The lowest BCUT2D eigenvalue weighted by molar-refractivity contribution is -0.137. The molecule has 0 radical (unpaired) electrons. The summed E-state index contributed by atoms with van der Waals surface area (Å²) in [4.78, 5) is 12.8. The maximum absolute atomic E-state index is 10.6. The summed E-state index contributed by atoms with van der Waals surface area (Å²) in [6, 6.07) is 8.74. The Labute approximate surface area is 103 Å². The normalized spacial score (nSPS) is 11.1. The van der Waals surface area contributed by atoms with Crippen LogP contribution < -0.4 is 0 Å². The zero-order valence-electron chi connectivity index (χ0n) is 10.8. The Hall–Kier alpha value is -1.35. The number of carboxylic acid groups (broad SMARTS) is 1. The highest BCUT2D eigenvalue weighted by molar-refractivity contribution is 5.66. The second kappa shape index (κ2) is 6.40. The molecular weight excluding hydrogens is 214 g/mol. The zero-order valence-corrected chi connectivity index (χ0v) is 10.8. The predicted octanol–water partition coefficient (Wildman–Crippen LogP) is 2.68. The van der Waals surface area contributed by atoms with Crippen LogP contribution in [-0.4, -0.2) is 28.6 Å². The van der Waals surface area contributed by atoms with E-state index >= 15 is 0 Å². The topological polar surface area (TPSA) is 40.5 Å². The van der Waals surface area contributed by atoms with Gasteiger partial charge >= 0.3 is 5.97 Å². The molecule has 0 amide bonds. The lowest BCUT2D eigenvalue weighted by Gasteiger charge is -2.25. The van der Waals surface area contributed by atoms with E-state index in [-0.39, 0.29) is 6.42 Å². The van der Waals surface area contributed by atoms with Crippen LogP contribution in [0.3, 0.4) is 0 Å². The van der Waals surface area contributed by atoms with Gasteiger partial charge in [0.05, 0.1) is 6.42 Å². The highest BCUT2D eigenvalue weighted by Gasteiger charge is 2.11. The maximum atomic E-state index is 10.6. The van der Waals surface area contributed by atoms with Gasteiger partial charge in [0.25, 0.3) is 0 Å². The number of hydrogen-bond acceptors (Lipinski definition) is 2. The summed E-state index contributed by atoms with van der Waals surface area (Å²) >= 11 is 0. The van der Waals surface area contributed by atoms with Gasteiger partial charge in [0.1, 0.15) is 0 Å². The van der Waals surface area contributed by atoms with Crippen LogP contribution in [0.2, 0.25) is 0 Å². The van der Waals surface area contributed by atoms with Gasteiger partial charge in [-0.3, -0.25) is 9.69 Å². The number of nitrogens with zero attached hydrogens (tertiary/aromatic N) is 1. The first-order chi connectivity index (χ1) is 7.99. The van der Waals surface area contributed by atoms with E-state index in [4.69, 9.17) is 5.11 Å². The SMILES string of the molecule is Cc1ccc(CN(CCC(=O)O)C(C)C)cc1. The Morgan fingerprint density at radius 1 is 1.29 bits per heavy atom. The summed E-state index contributed by atoms with van der Waals surface area (Å²) < 4.78 is 0. The second-order valence-electron chi connectivity index (χ2n) is 4.69. The van der Waals surface area contributed by atoms with E-state index in [1.807, 2.05) is 0 Å². The molecule has 0 spiro atoms. The van der Waals surface area contributed by atoms with Crippen molar-refractivity contribution in [1.82, 2.24) is 4.90 Å². The highest BCUT2D eigenvalue weighted by atomic mass is 16.4. The number of carbonyl (C=O) groups is 1. The van der Waals surface area contributed by atoms with Gasteiger partial charge in [-0.05, 0) is 26.3 Å². The van der Waals surface area contributed by atoms with E-state index in [2.05, 4.69) is 49.9 Å². The molecule has 0 aliphatic heterocycles. The summed E-state index contributed by atoms with van der Waals surface area (Å²) in [6.45, 7) is 7.66. The van der Waals surface area contributed by atoms with E-state index in [0.29, 0.717) is 12.6 Å². The number of carboxylic acids is 1. The van der Waals surface area contributed by atoms with E-state index in [9.17, 15) is 4.79 Å². The Morgan fingerprint density at radius 3 is 2.35 bits per heavy atom. The Morgan fingerprint density at radius 2 is 1.88 bits per heavy atom. The fraction of sp³-hybridized carbons (Fsp3) is 0.500. The van der Waals surface area contributed by atoms with Crippen LogP contribution in [0, 0.1) is 6.92 Å². The lowest BCUT2D eigenvalue weighted by atomic mass is 10.1. The fourth-order valence-corrected chi connectivity index (χ4v) is 1.69. The van der Waals surface area contributed by atoms with E-state index in [1.165, 1.54) is 11.1 Å². The van der Waals surface area contributed by atoms with Crippen molar-refractivity contribution in [2.24, 2.45) is 0 Å². The number of aliphatic carboxylic acids is 1.